The molecule has 0 aliphatic rings. The first-order valence-electron chi connectivity index (χ1n) is 4.86. The maximum atomic E-state index is 11.0. The smallest absolute Gasteiger partial charge is 0.306 e. The Morgan fingerprint density at radius 2 is 1.85 bits per heavy atom. The molecule has 2 nitrogen and oxygen atoms in total. The molecule has 0 saturated heterocycles. The second-order valence-corrected chi connectivity index (χ2v) is 3.35. The normalized spacial score (nSPS) is 9.54. The van der Waals surface area contributed by atoms with E-state index in [1.807, 2.05) is 13.8 Å². The zero-order valence-electron chi connectivity index (χ0n) is 9.14. The minimum Gasteiger partial charge on any atom is -0.463 e. The summed E-state index contributed by atoms with van der Waals surface area (Å²) in [5, 5.41) is 0. The Labute approximate surface area is 94.2 Å². The Hall–Kier alpha value is 0.0934. The van der Waals surface area contributed by atoms with Crippen molar-refractivity contribution < 1.29 is 29.0 Å². The molecule has 3 heteroatoms. The van der Waals surface area contributed by atoms with Gasteiger partial charge in [0.05, 0.1) is 6.10 Å². The van der Waals surface area contributed by atoms with Crippen LogP contribution in [0.4, 0.5) is 0 Å². The van der Waals surface area contributed by atoms with Gasteiger partial charge in [-0.05, 0) is 20.3 Å². The summed E-state index contributed by atoms with van der Waals surface area (Å²) in [4.78, 5) is 11.0. The molecule has 0 aromatic heterocycles. The first-order chi connectivity index (χ1) is 5.66. The maximum absolute atomic E-state index is 11.0. The monoisotopic (exact) mass is 236 g/mol. The van der Waals surface area contributed by atoms with E-state index in [1.54, 1.807) is 0 Å². The number of hydrogen-bond donors (Lipinski definition) is 0. The van der Waals surface area contributed by atoms with Crippen molar-refractivity contribution in [2.24, 2.45) is 0 Å². The van der Waals surface area contributed by atoms with E-state index in [0.717, 1.165) is 12.8 Å². The standard InChI is InChI=1S/C10H20O2.Zn/c1-4-5-6-7-8-10(11)12-9(2)3;/h9H,4-8H2,1-3H3;. The van der Waals surface area contributed by atoms with Crippen molar-refractivity contribution in [2.75, 3.05) is 0 Å². The topological polar surface area (TPSA) is 26.3 Å². The Morgan fingerprint density at radius 3 is 2.31 bits per heavy atom. The van der Waals surface area contributed by atoms with Crippen molar-refractivity contribution in [3.8, 4) is 0 Å². The fourth-order valence-electron chi connectivity index (χ4n) is 1.02. The van der Waals surface area contributed by atoms with Gasteiger partial charge in [-0.15, -0.1) is 0 Å². The average Bonchev–Trinajstić information content (AvgIpc) is 1.97. The van der Waals surface area contributed by atoms with Crippen LogP contribution in [-0.2, 0) is 29.0 Å². The summed E-state index contributed by atoms with van der Waals surface area (Å²) in [5.74, 6) is -0.0545. The Balaban J connectivity index is 0. The second-order valence-electron chi connectivity index (χ2n) is 3.35. The van der Waals surface area contributed by atoms with Crippen molar-refractivity contribution in [1.82, 2.24) is 0 Å². The number of carbonyl (C=O) groups is 1. The van der Waals surface area contributed by atoms with E-state index in [9.17, 15) is 4.79 Å². The molecule has 0 spiro atoms. The van der Waals surface area contributed by atoms with Crippen molar-refractivity contribution in [2.45, 2.75) is 59.0 Å². The first-order valence-corrected chi connectivity index (χ1v) is 4.86. The van der Waals surface area contributed by atoms with E-state index in [1.165, 1.54) is 12.8 Å². The molecule has 0 aromatic carbocycles. The van der Waals surface area contributed by atoms with E-state index in [0.29, 0.717) is 6.42 Å². The second kappa shape index (κ2) is 10.2. The largest absolute Gasteiger partial charge is 0.463 e. The molecule has 0 aliphatic heterocycles. The molecule has 0 aliphatic carbocycles. The van der Waals surface area contributed by atoms with Gasteiger partial charge in [0.25, 0.3) is 0 Å². The molecule has 13 heavy (non-hydrogen) atoms. The van der Waals surface area contributed by atoms with Gasteiger partial charge in [0.15, 0.2) is 0 Å². The Bertz CT molecular complexity index is 124. The van der Waals surface area contributed by atoms with Crippen LogP contribution in [0.1, 0.15) is 52.9 Å². The van der Waals surface area contributed by atoms with Gasteiger partial charge in [0, 0.05) is 25.9 Å². The van der Waals surface area contributed by atoms with Crippen LogP contribution in [0.15, 0.2) is 0 Å². The molecular formula is C10H20O2Zn. The zero-order chi connectivity index (χ0) is 9.40. The van der Waals surface area contributed by atoms with Gasteiger partial charge in [0.1, 0.15) is 0 Å². The van der Waals surface area contributed by atoms with E-state index in [-0.39, 0.29) is 31.6 Å². The Kier molecular flexibility index (Phi) is 12.2. The number of esters is 1. The summed E-state index contributed by atoms with van der Waals surface area (Å²) in [5.41, 5.74) is 0. The fourth-order valence-corrected chi connectivity index (χ4v) is 1.02. The van der Waals surface area contributed by atoms with Crippen LogP contribution in [0.3, 0.4) is 0 Å². The van der Waals surface area contributed by atoms with Gasteiger partial charge in [-0.1, -0.05) is 26.2 Å². The molecule has 0 amide bonds. The number of hydrogen-bond acceptors (Lipinski definition) is 2. The van der Waals surface area contributed by atoms with E-state index >= 15 is 0 Å². The number of rotatable bonds is 6. The zero-order valence-corrected chi connectivity index (χ0v) is 12.1. The summed E-state index contributed by atoms with van der Waals surface area (Å²) in [6, 6.07) is 0. The average molecular weight is 238 g/mol. The molecule has 0 fully saturated rings. The predicted octanol–water partition coefficient (Wildman–Crippen LogP) is 2.91. The van der Waals surface area contributed by atoms with Crippen LogP contribution >= 0.6 is 0 Å². The van der Waals surface area contributed by atoms with Gasteiger partial charge in [-0.3, -0.25) is 4.79 Å². The molecular weight excluding hydrogens is 217 g/mol. The van der Waals surface area contributed by atoms with Crippen molar-refractivity contribution in [1.29, 1.82) is 0 Å². The summed E-state index contributed by atoms with van der Waals surface area (Å²) < 4.78 is 4.99. The summed E-state index contributed by atoms with van der Waals surface area (Å²) in [6.45, 7) is 5.92. The van der Waals surface area contributed by atoms with Crippen LogP contribution < -0.4 is 0 Å². The van der Waals surface area contributed by atoms with Gasteiger partial charge < -0.3 is 4.74 Å². The Morgan fingerprint density at radius 1 is 1.23 bits per heavy atom. The van der Waals surface area contributed by atoms with Gasteiger partial charge in [-0.2, -0.15) is 0 Å². The first kappa shape index (κ1) is 15.6. The quantitative estimate of drug-likeness (QED) is 0.403. The summed E-state index contributed by atoms with van der Waals surface area (Å²) >= 11 is 0. The molecule has 74 valence electrons. The van der Waals surface area contributed by atoms with Crippen LogP contribution in [-0.4, -0.2) is 12.1 Å². The molecule has 0 atom stereocenters. The third kappa shape index (κ3) is 12.1. The number of ether oxygens (including phenoxy) is 1. The molecule has 0 saturated carbocycles. The van der Waals surface area contributed by atoms with Crippen LogP contribution in [0.25, 0.3) is 0 Å². The molecule has 0 rings (SSSR count). The van der Waals surface area contributed by atoms with Crippen molar-refractivity contribution >= 4 is 5.97 Å². The summed E-state index contributed by atoms with van der Waals surface area (Å²) in [6.07, 6.45) is 5.15. The molecule has 0 N–H and O–H groups in total. The SMILES string of the molecule is CCCCCCC(=O)OC(C)C.[Zn]. The molecule has 0 heterocycles. The fraction of sp³-hybridized carbons (Fsp3) is 0.900. The number of unbranched alkanes of at least 4 members (excludes halogenated alkanes) is 3. The van der Waals surface area contributed by atoms with E-state index in [4.69, 9.17) is 4.74 Å². The molecule has 0 radical (unpaired) electrons. The van der Waals surface area contributed by atoms with Crippen LogP contribution in [0, 0.1) is 0 Å². The van der Waals surface area contributed by atoms with Gasteiger partial charge in [-0.25, -0.2) is 0 Å². The third-order valence-corrected chi connectivity index (χ3v) is 1.60. The molecule has 0 bridgehead atoms. The maximum Gasteiger partial charge on any atom is 0.306 e. The van der Waals surface area contributed by atoms with E-state index < -0.39 is 0 Å². The van der Waals surface area contributed by atoms with Crippen molar-refractivity contribution in [3.05, 3.63) is 0 Å². The van der Waals surface area contributed by atoms with Crippen LogP contribution in [0.2, 0.25) is 0 Å². The van der Waals surface area contributed by atoms with Crippen molar-refractivity contribution in [3.63, 3.8) is 0 Å². The third-order valence-electron chi connectivity index (χ3n) is 1.60. The van der Waals surface area contributed by atoms with E-state index in [2.05, 4.69) is 6.92 Å². The molecule has 0 aromatic rings. The number of carbonyl (C=O) groups excluding carboxylic acids is 1. The minimum atomic E-state index is -0.0545. The van der Waals surface area contributed by atoms with Crippen LogP contribution in [0.5, 0.6) is 0 Å². The van der Waals surface area contributed by atoms with Gasteiger partial charge >= 0.3 is 5.97 Å². The minimum absolute atomic E-state index is 0. The molecule has 0 unspecified atom stereocenters. The predicted molar refractivity (Wildman–Crippen MR) is 50.0 cm³/mol. The van der Waals surface area contributed by atoms with Gasteiger partial charge in [0.2, 0.25) is 0 Å². The summed E-state index contributed by atoms with van der Waals surface area (Å²) in [7, 11) is 0.